The van der Waals surface area contributed by atoms with Crippen LogP contribution in [0.4, 0.5) is 0 Å². The van der Waals surface area contributed by atoms with E-state index in [2.05, 4.69) is 67.8 Å². The standard InChI is InChI=1S/C43H79N2O6P/c1-6-8-10-12-14-16-18-20-22-24-26-28-30-32-34-36-42(46)41(40-51-52(48,49)50-39-38-45(3,4)5)44-43(47)37-35-33-31-29-27-25-23-21-19-17-15-13-11-9-7-2/h15,17-18,20-21,23,26,28,34,36,41-42,46H,6-14,16,19,22,24-25,27,29-33,35,37-40H2,1-5H3,(H-,44,47,48,49)/p+1/b17-15-,20-18+,23-21-,28-26+,36-34+. The van der Waals surface area contributed by atoms with Crippen molar-refractivity contribution >= 4 is 13.7 Å². The summed E-state index contributed by atoms with van der Waals surface area (Å²) < 4.78 is 23.5. The average Bonchev–Trinajstić information content (AvgIpc) is 3.09. The zero-order valence-corrected chi connectivity index (χ0v) is 34.9. The number of allylic oxidation sites excluding steroid dienone is 9. The molecule has 0 bridgehead atoms. The topological polar surface area (TPSA) is 105 Å². The first-order chi connectivity index (χ1) is 25.0. The Labute approximate surface area is 320 Å². The van der Waals surface area contributed by atoms with E-state index >= 15 is 0 Å². The van der Waals surface area contributed by atoms with Crippen LogP contribution in [0.25, 0.3) is 0 Å². The SMILES string of the molecule is CCCCC/C=C\C/C=C\CCCCCCCC(=O)NC(COP(=O)(O)OCC[N+](C)(C)C)C(O)/C=C/CC/C=C/CC/C=C/CCCCCCC. The first kappa shape index (κ1) is 50.2. The van der Waals surface area contributed by atoms with Gasteiger partial charge >= 0.3 is 7.82 Å². The molecule has 0 rings (SSSR count). The highest BCUT2D eigenvalue weighted by Crippen LogP contribution is 2.43. The van der Waals surface area contributed by atoms with E-state index in [4.69, 9.17) is 9.05 Å². The number of phosphoric ester groups is 1. The van der Waals surface area contributed by atoms with Crippen molar-refractivity contribution in [3.05, 3.63) is 60.8 Å². The summed E-state index contributed by atoms with van der Waals surface area (Å²) in [7, 11) is 1.52. The van der Waals surface area contributed by atoms with E-state index in [1.807, 2.05) is 27.2 Å². The number of carbonyl (C=O) groups is 1. The van der Waals surface area contributed by atoms with Crippen LogP contribution in [0.1, 0.15) is 155 Å². The van der Waals surface area contributed by atoms with Crippen LogP contribution in [-0.2, 0) is 18.4 Å². The summed E-state index contributed by atoms with van der Waals surface area (Å²) in [6.07, 6.45) is 44.3. The van der Waals surface area contributed by atoms with Crippen LogP contribution in [0.3, 0.4) is 0 Å². The number of quaternary nitrogens is 1. The number of hydrogen-bond acceptors (Lipinski definition) is 5. The normalized spacial score (nSPS) is 15.1. The quantitative estimate of drug-likeness (QED) is 0.0255. The Hall–Kier alpha value is -1.80. The lowest BCUT2D eigenvalue weighted by Gasteiger charge is -2.25. The highest BCUT2D eigenvalue weighted by molar-refractivity contribution is 7.47. The summed E-state index contributed by atoms with van der Waals surface area (Å²) in [5.74, 6) is -0.209. The van der Waals surface area contributed by atoms with Gasteiger partial charge in [0.15, 0.2) is 0 Å². The van der Waals surface area contributed by atoms with Crippen molar-refractivity contribution in [2.45, 2.75) is 167 Å². The maximum Gasteiger partial charge on any atom is 0.472 e. The predicted octanol–water partition coefficient (Wildman–Crippen LogP) is 11.1. The Morgan fingerprint density at radius 3 is 1.69 bits per heavy atom. The smallest absolute Gasteiger partial charge is 0.387 e. The zero-order valence-electron chi connectivity index (χ0n) is 34.0. The third-order valence-electron chi connectivity index (χ3n) is 8.69. The molecule has 0 saturated carbocycles. The molecule has 8 nitrogen and oxygen atoms in total. The Morgan fingerprint density at radius 2 is 1.12 bits per heavy atom. The molecule has 9 heteroatoms. The fourth-order valence-electron chi connectivity index (χ4n) is 5.34. The minimum atomic E-state index is -4.35. The van der Waals surface area contributed by atoms with Crippen molar-refractivity contribution in [3.63, 3.8) is 0 Å². The third-order valence-corrected chi connectivity index (χ3v) is 9.67. The monoisotopic (exact) mass is 752 g/mol. The molecule has 0 aliphatic carbocycles. The Kier molecular flexibility index (Phi) is 33.7. The Morgan fingerprint density at radius 1 is 0.654 bits per heavy atom. The van der Waals surface area contributed by atoms with E-state index in [0.29, 0.717) is 17.4 Å². The molecule has 302 valence electrons. The second-order valence-corrected chi connectivity index (χ2v) is 16.4. The van der Waals surface area contributed by atoms with Crippen molar-refractivity contribution in [3.8, 4) is 0 Å². The molecule has 0 aromatic carbocycles. The first-order valence-corrected chi connectivity index (χ1v) is 22.2. The molecule has 0 radical (unpaired) electrons. The van der Waals surface area contributed by atoms with Crippen LogP contribution in [0.5, 0.6) is 0 Å². The molecule has 3 atom stereocenters. The molecule has 0 heterocycles. The van der Waals surface area contributed by atoms with Crippen LogP contribution in [0.2, 0.25) is 0 Å². The molecule has 0 aliphatic rings. The number of unbranched alkanes of at least 4 members (excludes halogenated alkanes) is 15. The number of phosphoric acid groups is 1. The van der Waals surface area contributed by atoms with Crippen molar-refractivity contribution in [2.75, 3.05) is 40.9 Å². The van der Waals surface area contributed by atoms with Gasteiger partial charge in [-0.25, -0.2) is 4.57 Å². The zero-order chi connectivity index (χ0) is 38.6. The second kappa shape index (κ2) is 34.9. The Balaban J connectivity index is 4.61. The van der Waals surface area contributed by atoms with E-state index in [0.717, 1.165) is 70.6 Å². The van der Waals surface area contributed by atoms with Gasteiger partial charge in [-0.1, -0.05) is 132 Å². The molecule has 0 spiro atoms. The van der Waals surface area contributed by atoms with E-state index in [9.17, 15) is 19.4 Å². The number of carbonyl (C=O) groups excluding carboxylic acids is 1. The highest BCUT2D eigenvalue weighted by atomic mass is 31.2. The first-order valence-electron chi connectivity index (χ1n) is 20.7. The van der Waals surface area contributed by atoms with Crippen LogP contribution in [0, 0.1) is 0 Å². The van der Waals surface area contributed by atoms with Gasteiger partial charge in [-0.3, -0.25) is 13.8 Å². The number of nitrogens with one attached hydrogen (secondary N) is 1. The van der Waals surface area contributed by atoms with E-state index < -0.39 is 20.0 Å². The number of nitrogens with zero attached hydrogens (tertiary/aromatic N) is 1. The summed E-state index contributed by atoms with van der Waals surface area (Å²) in [6, 6.07) is -0.877. The van der Waals surface area contributed by atoms with Gasteiger partial charge in [0.1, 0.15) is 13.2 Å². The number of aliphatic hydroxyl groups excluding tert-OH is 1. The van der Waals surface area contributed by atoms with Crippen LogP contribution >= 0.6 is 7.82 Å². The Bertz CT molecular complexity index is 1030. The average molecular weight is 752 g/mol. The lowest BCUT2D eigenvalue weighted by atomic mass is 10.1. The van der Waals surface area contributed by atoms with E-state index in [1.54, 1.807) is 6.08 Å². The molecule has 0 aromatic rings. The molecule has 0 saturated heterocycles. The van der Waals surface area contributed by atoms with Crippen molar-refractivity contribution in [1.29, 1.82) is 0 Å². The molecule has 52 heavy (non-hydrogen) atoms. The summed E-state index contributed by atoms with van der Waals surface area (Å²) in [6.45, 7) is 4.70. The molecular weight excluding hydrogens is 671 g/mol. The molecule has 0 fully saturated rings. The molecule has 3 unspecified atom stereocenters. The van der Waals surface area contributed by atoms with E-state index in [1.165, 1.54) is 64.2 Å². The van der Waals surface area contributed by atoms with Gasteiger partial charge in [-0.2, -0.15) is 0 Å². The molecule has 0 aromatic heterocycles. The van der Waals surface area contributed by atoms with Gasteiger partial charge in [-0.15, -0.1) is 0 Å². The van der Waals surface area contributed by atoms with Crippen LogP contribution < -0.4 is 5.32 Å². The van der Waals surface area contributed by atoms with Gasteiger partial charge < -0.3 is 19.8 Å². The van der Waals surface area contributed by atoms with Gasteiger partial charge in [0.05, 0.1) is 39.9 Å². The van der Waals surface area contributed by atoms with Crippen LogP contribution in [-0.4, -0.2) is 73.4 Å². The van der Waals surface area contributed by atoms with Gasteiger partial charge in [0.25, 0.3) is 0 Å². The fourth-order valence-corrected chi connectivity index (χ4v) is 6.07. The highest BCUT2D eigenvalue weighted by Gasteiger charge is 2.27. The maximum atomic E-state index is 12.8. The second-order valence-electron chi connectivity index (χ2n) is 15.0. The molecule has 1 amide bonds. The number of likely N-dealkylation sites (N-methyl/N-ethyl adjacent to an activating group) is 1. The van der Waals surface area contributed by atoms with Crippen molar-refractivity contribution in [2.24, 2.45) is 0 Å². The summed E-state index contributed by atoms with van der Waals surface area (Å²) in [5.41, 5.74) is 0. The lowest BCUT2D eigenvalue weighted by Crippen LogP contribution is -2.45. The van der Waals surface area contributed by atoms with Gasteiger partial charge in [0.2, 0.25) is 5.91 Å². The minimum Gasteiger partial charge on any atom is -0.387 e. The summed E-state index contributed by atoms with van der Waals surface area (Å²) >= 11 is 0. The van der Waals surface area contributed by atoms with Crippen LogP contribution in [0.15, 0.2) is 60.8 Å². The number of hydrogen-bond donors (Lipinski definition) is 3. The predicted molar refractivity (Wildman–Crippen MR) is 221 cm³/mol. The summed E-state index contributed by atoms with van der Waals surface area (Å²) in [5, 5.41) is 13.7. The summed E-state index contributed by atoms with van der Waals surface area (Å²) in [4.78, 5) is 23.0. The maximum absolute atomic E-state index is 12.8. The van der Waals surface area contributed by atoms with Gasteiger partial charge in [0, 0.05) is 6.42 Å². The van der Waals surface area contributed by atoms with E-state index in [-0.39, 0.29) is 19.1 Å². The van der Waals surface area contributed by atoms with Crippen molar-refractivity contribution in [1.82, 2.24) is 5.32 Å². The van der Waals surface area contributed by atoms with Gasteiger partial charge in [-0.05, 0) is 77.0 Å². The third kappa shape index (κ3) is 36.6. The number of aliphatic hydroxyl groups is 1. The molecule has 3 N–H and O–H groups in total. The molecule has 0 aliphatic heterocycles. The number of amides is 1. The molecular formula is C43H80N2O6P+. The van der Waals surface area contributed by atoms with Crippen molar-refractivity contribution < 1.29 is 32.9 Å². The number of rotatable bonds is 36. The fraction of sp³-hybridized carbons (Fsp3) is 0.744. The largest absolute Gasteiger partial charge is 0.472 e. The lowest BCUT2D eigenvalue weighted by molar-refractivity contribution is -0.870. The minimum absolute atomic E-state index is 0.0481.